The van der Waals surface area contributed by atoms with Crippen molar-refractivity contribution >= 4 is 17.5 Å². The minimum atomic E-state index is -0.422. The predicted octanol–water partition coefficient (Wildman–Crippen LogP) is 3.66. The van der Waals surface area contributed by atoms with Crippen molar-refractivity contribution in [1.82, 2.24) is 5.32 Å². The van der Waals surface area contributed by atoms with Crippen molar-refractivity contribution in [3.63, 3.8) is 0 Å². The first-order chi connectivity index (χ1) is 9.71. The highest BCUT2D eigenvalue weighted by molar-refractivity contribution is 6.30. The first-order valence-electron chi connectivity index (χ1n) is 6.49. The number of halogens is 1. The molecular weight excluding hydrogens is 270 g/mol. The Morgan fingerprint density at radius 2 is 1.60 bits per heavy atom. The Morgan fingerprint density at radius 1 is 0.950 bits per heavy atom. The van der Waals surface area contributed by atoms with Gasteiger partial charge in [0.15, 0.2) is 0 Å². The molecule has 1 N–H and O–H groups in total. The van der Waals surface area contributed by atoms with Gasteiger partial charge in [-0.15, -0.1) is 0 Å². The molecule has 1 heterocycles. The summed E-state index contributed by atoms with van der Waals surface area (Å²) in [6.07, 6.45) is 4.18. The molecule has 0 bridgehead atoms. The van der Waals surface area contributed by atoms with Gasteiger partial charge in [-0.05, 0) is 23.3 Å². The fraction of sp³-hybridized carbons (Fsp3) is 0.118. The van der Waals surface area contributed by atoms with Gasteiger partial charge >= 0.3 is 0 Å². The first-order valence-corrected chi connectivity index (χ1v) is 6.87. The summed E-state index contributed by atoms with van der Waals surface area (Å²) in [5.41, 5.74) is 1.75. The van der Waals surface area contributed by atoms with Crippen LogP contribution in [0, 0.1) is 0 Å². The van der Waals surface area contributed by atoms with Crippen molar-refractivity contribution in [3.8, 4) is 0 Å². The van der Waals surface area contributed by atoms with Crippen LogP contribution in [0.15, 0.2) is 66.9 Å². The molecule has 1 amide bonds. The van der Waals surface area contributed by atoms with E-state index in [0.717, 1.165) is 11.1 Å². The number of nitrogens with one attached hydrogen (secondary N) is 1. The lowest BCUT2D eigenvalue weighted by molar-refractivity contribution is -0.121. The highest BCUT2D eigenvalue weighted by Crippen LogP contribution is 2.38. The van der Waals surface area contributed by atoms with Crippen LogP contribution in [0.25, 0.3) is 0 Å². The number of carbonyl (C=O) groups is 1. The first kappa shape index (κ1) is 12.9. The van der Waals surface area contributed by atoms with E-state index in [1.807, 2.05) is 48.5 Å². The Bertz CT molecular complexity index is 648. The third-order valence-electron chi connectivity index (χ3n) is 3.70. The molecule has 1 unspecified atom stereocenters. The molecule has 1 aliphatic heterocycles. The van der Waals surface area contributed by atoms with E-state index in [1.54, 1.807) is 6.20 Å². The van der Waals surface area contributed by atoms with Crippen LogP contribution in [-0.4, -0.2) is 5.91 Å². The van der Waals surface area contributed by atoms with Crippen LogP contribution in [-0.2, 0) is 10.2 Å². The van der Waals surface area contributed by atoms with Crippen LogP contribution in [0.3, 0.4) is 0 Å². The number of rotatable bonds is 2. The number of allylic oxidation sites excluding steroid dienone is 1. The van der Waals surface area contributed by atoms with Gasteiger partial charge in [0.2, 0.25) is 5.91 Å². The fourth-order valence-corrected chi connectivity index (χ4v) is 2.81. The van der Waals surface area contributed by atoms with Gasteiger partial charge in [-0.2, -0.15) is 0 Å². The lowest BCUT2D eigenvalue weighted by Crippen LogP contribution is -2.37. The molecule has 0 spiro atoms. The van der Waals surface area contributed by atoms with Crippen LogP contribution >= 0.6 is 11.6 Å². The topological polar surface area (TPSA) is 29.1 Å². The van der Waals surface area contributed by atoms with Gasteiger partial charge in [0.1, 0.15) is 0 Å². The summed E-state index contributed by atoms with van der Waals surface area (Å²) >= 11 is 5.97. The number of hydrogen-bond donors (Lipinski definition) is 1. The average Bonchev–Trinajstić information content (AvgIpc) is 2.49. The Kier molecular flexibility index (Phi) is 3.33. The molecule has 0 aliphatic carbocycles. The van der Waals surface area contributed by atoms with E-state index >= 15 is 0 Å². The largest absolute Gasteiger partial charge is 0.333 e. The van der Waals surface area contributed by atoms with E-state index in [1.165, 1.54) is 0 Å². The van der Waals surface area contributed by atoms with E-state index in [4.69, 9.17) is 11.6 Å². The maximum Gasteiger partial charge on any atom is 0.225 e. The average molecular weight is 284 g/mol. The zero-order chi connectivity index (χ0) is 14.0. The molecule has 2 aromatic carbocycles. The molecule has 20 heavy (non-hydrogen) atoms. The van der Waals surface area contributed by atoms with E-state index < -0.39 is 5.41 Å². The molecule has 3 rings (SSSR count). The van der Waals surface area contributed by atoms with Gasteiger partial charge < -0.3 is 5.32 Å². The molecule has 3 heteroatoms. The molecule has 0 saturated carbocycles. The third kappa shape index (κ3) is 2.23. The molecule has 0 aromatic heterocycles. The van der Waals surface area contributed by atoms with Crippen molar-refractivity contribution in [1.29, 1.82) is 0 Å². The smallest absolute Gasteiger partial charge is 0.225 e. The molecule has 0 fully saturated rings. The molecule has 0 radical (unpaired) electrons. The molecule has 100 valence electrons. The lowest BCUT2D eigenvalue weighted by Gasteiger charge is -2.34. The monoisotopic (exact) mass is 283 g/mol. The van der Waals surface area contributed by atoms with Crippen LogP contribution in [0.2, 0.25) is 5.02 Å². The van der Waals surface area contributed by atoms with Crippen molar-refractivity contribution in [3.05, 3.63) is 83.0 Å². The van der Waals surface area contributed by atoms with Crippen LogP contribution < -0.4 is 5.32 Å². The Labute approximate surface area is 123 Å². The van der Waals surface area contributed by atoms with Gasteiger partial charge in [-0.25, -0.2) is 0 Å². The second-order valence-corrected chi connectivity index (χ2v) is 5.36. The Morgan fingerprint density at radius 3 is 2.25 bits per heavy atom. The number of benzene rings is 2. The van der Waals surface area contributed by atoms with Gasteiger partial charge in [0.25, 0.3) is 0 Å². The Balaban J connectivity index is 2.18. The summed E-state index contributed by atoms with van der Waals surface area (Å²) < 4.78 is 0. The summed E-state index contributed by atoms with van der Waals surface area (Å²) in [7, 11) is 0. The summed E-state index contributed by atoms with van der Waals surface area (Å²) in [5.74, 6) is 0.0197. The van der Waals surface area contributed by atoms with Gasteiger partial charge in [0, 0.05) is 23.1 Å². The second kappa shape index (κ2) is 5.14. The molecule has 2 nitrogen and oxygen atoms in total. The summed E-state index contributed by atoms with van der Waals surface area (Å²) in [6.45, 7) is 0. The summed E-state index contributed by atoms with van der Waals surface area (Å²) in [5, 5.41) is 3.44. The summed E-state index contributed by atoms with van der Waals surface area (Å²) in [4.78, 5) is 11.9. The fourth-order valence-electron chi connectivity index (χ4n) is 2.69. The standard InChI is InChI=1S/C17H14ClNO/c18-15-8-6-14(7-9-15)17(10-11-19-16(20)12-17)13-4-2-1-3-5-13/h1-11H,12H2,(H,19,20). The zero-order valence-electron chi connectivity index (χ0n) is 10.8. The quantitative estimate of drug-likeness (QED) is 0.895. The van der Waals surface area contributed by atoms with Crippen molar-refractivity contribution < 1.29 is 4.79 Å². The highest BCUT2D eigenvalue weighted by Gasteiger charge is 2.36. The van der Waals surface area contributed by atoms with E-state index in [-0.39, 0.29) is 5.91 Å². The minimum absolute atomic E-state index is 0.0197. The molecule has 1 atom stereocenters. The number of carbonyl (C=O) groups excluding carboxylic acids is 1. The molecule has 2 aromatic rings. The van der Waals surface area contributed by atoms with Gasteiger partial charge in [-0.1, -0.05) is 60.1 Å². The van der Waals surface area contributed by atoms with Gasteiger partial charge in [0.05, 0.1) is 0 Å². The van der Waals surface area contributed by atoms with Crippen molar-refractivity contribution in [2.45, 2.75) is 11.8 Å². The lowest BCUT2D eigenvalue weighted by atomic mass is 9.71. The highest BCUT2D eigenvalue weighted by atomic mass is 35.5. The van der Waals surface area contributed by atoms with E-state index in [9.17, 15) is 4.79 Å². The zero-order valence-corrected chi connectivity index (χ0v) is 11.6. The third-order valence-corrected chi connectivity index (χ3v) is 3.95. The van der Waals surface area contributed by atoms with Gasteiger partial charge in [-0.3, -0.25) is 4.79 Å². The van der Waals surface area contributed by atoms with Crippen LogP contribution in [0.4, 0.5) is 0 Å². The van der Waals surface area contributed by atoms with Crippen molar-refractivity contribution in [2.75, 3.05) is 0 Å². The predicted molar refractivity (Wildman–Crippen MR) is 80.6 cm³/mol. The maximum atomic E-state index is 11.9. The molecular formula is C17H14ClNO. The number of amides is 1. The number of hydrogen-bond acceptors (Lipinski definition) is 1. The van der Waals surface area contributed by atoms with Crippen LogP contribution in [0.5, 0.6) is 0 Å². The molecule has 0 saturated heterocycles. The second-order valence-electron chi connectivity index (χ2n) is 4.92. The SMILES string of the molecule is O=C1CC(c2ccccc2)(c2ccc(Cl)cc2)C=CN1. The van der Waals surface area contributed by atoms with Crippen LogP contribution in [0.1, 0.15) is 17.5 Å². The normalized spacial score (nSPS) is 21.6. The minimum Gasteiger partial charge on any atom is -0.333 e. The molecule has 1 aliphatic rings. The summed E-state index contributed by atoms with van der Waals surface area (Å²) in [6, 6.07) is 17.8. The van der Waals surface area contributed by atoms with E-state index in [0.29, 0.717) is 11.4 Å². The van der Waals surface area contributed by atoms with E-state index in [2.05, 4.69) is 17.4 Å². The maximum absolute atomic E-state index is 11.9. The van der Waals surface area contributed by atoms with Crippen molar-refractivity contribution in [2.24, 2.45) is 0 Å². The Hall–Kier alpha value is -2.06.